The molecule has 0 unspecified atom stereocenters. The van der Waals surface area contributed by atoms with Crippen molar-refractivity contribution < 1.29 is 20.1 Å². The van der Waals surface area contributed by atoms with Crippen molar-refractivity contribution in [2.75, 3.05) is 0 Å². The molecule has 41 valence electrons. The predicted molar refractivity (Wildman–Crippen MR) is 22.3 cm³/mol. The first-order valence-corrected chi connectivity index (χ1v) is 1.80. The molecule has 0 saturated heterocycles. The van der Waals surface area contributed by atoms with E-state index in [9.17, 15) is 0 Å². The molecule has 0 saturated carbocycles. The summed E-state index contributed by atoms with van der Waals surface area (Å²) in [5.74, 6) is 0. The molecule has 1 aromatic rings. The summed E-state index contributed by atoms with van der Waals surface area (Å²) in [6, 6.07) is 1.86. The van der Waals surface area contributed by atoms with Crippen LogP contribution in [0, 0.1) is 6.92 Å². The summed E-state index contributed by atoms with van der Waals surface area (Å²) in [5.41, 5.74) is 0.981. The maximum Gasteiger partial charge on any atom is 0.00221 e. The molecule has 0 atom stereocenters. The minimum atomic E-state index is 0. The largest absolute Gasteiger partial charge is 0.579 e. The molecule has 0 amide bonds. The summed E-state index contributed by atoms with van der Waals surface area (Å²) in [7, 11) is 0. The second kappa shape index (κ2) is 2.94. The normalized spacial score (nSPS) is 7.57. The van der Waals surface area contributed by atoms with Crippen molar-refractivity contribution in [3.8, 4) is 0 Å². The van der Waals surface area contributed by atoms with E-state index >= 15 is 0 Å². The Morgan fingerprint density at radius 2 is 2.43 bits per heavy atom. The van der Waals surface area contributed by atoms with E-state index in [0.29, 0.717) is 0 Å². The topological polar surface area (TPSA) is 27.0 Å². The third kappa shape index (κ3) is 1.85. The maximum atomic E-state index is 3.67. The first kappa shape index (κ1) is 6.86. The fourth-order valence-corrected chi connectivity index (χ4v) is 0.299. The number of rotatable bonds is 0. The molecule has 0 aliphatic heterocycles. The van der Waals surface area contributed by atoms with Crippen molar-refractivity contribution >= 4 is 0 Å². The van der Waals surface area contributed by atoms with Crippen LogP contribution in [-0.2, 0) is 20.1 Å². The van der Waals surface area contributed by atoms with E-state index in [1.807, 2.05) is 13.0 Å². The van der Waals surface area contributed by atoms with E-state index in [0.717, 1.165) is 5.69 Å². The molecule has 3 heteroatoms. The smallest absolute Gasteiger partial charge is 0.00221 e. The van der Waals surface area contributed by atoms with Gasteiger partial charge in [-0.1, -0.05) is 13.0 Å². The third-order valence-corrected chi connectivity index (χ3v) is 0.598. The summed E-state index contributed by atoms with van der Waals surface area (Å²) in [6.45, 7) is 1.91. The van der Waals surface area contributed by atoms with E-state index in [4.69, 9.17) is 0 Å². The van der Waals surface area contributed by atoms with E-state index in [-0.39, 0.29) is 20.1 Å². The van der Waals surface area contributed by atoms with Crippen LogP contribution in [0.1, 0.15) is 5.69 Å². The van der Waals surface area contributed by atoms with Gasteiger partial charge in [0.25, 0.3) is 0 Å². The Balaban J connectivity index is 0.000000360. The van der Waals surface area contributed by atoms with Crippen LogP contribution in [0.4, 0.5) is 0 Å². The van der Waals surface area contributed by atoms with Crippen molar-refractivity contribution in [1.29, 1.82) is 0 Å². The zero-order valence-electron chi connectivity index (χ0n) is 3.88. The standard InChI is InChI=1S/C4H5N2.Ir/c1-4-2-3-5-6-4;/h2-3H,1H3;/q-1;. The van der Waals surface area contributed by atoms with Crippen LogP contribution in [0.3, 0.4) is 0 Å². The van der Waals surface area contributed by atoms with Gasteiger partial charge < -0.3 is 10.2 Å². The van der Waals surface area contributed by atoms with E-state index in [1.165, 1.54) is 0 Å². The molecule has 1 radical (unpaired) electrons. The molecule has 7 heavy (non-hydrogen) atoms. The van der Waals surface area contributed by atoms with Crippen molar-refractivity contribution in [2.24, 2.45) is 0 Å². The van der Waals surface area contributed by atoms with Crippen molar-refractivity contribution in [3.05, 3.63) is 18.0 Å². The van der Waals surface area contributed by atoms with Gasteiger partial charge in [-0.2, -0.15) is 0 Å². The average molecular weight is 273 g/mol. The molecule has 0 N–H and O–H groups in total. The van der Waals surface area contributed by atoms with Crippen LogP contribution >= 0.6 is 0 Å². The quantitative estimate of drug-likeness (QED) is 0.682. The van der Waals surface area contributed by atoms with Crippen LogP contribution in [0.15, 0.2) is 12.3 Å². The van der Waals surface area contributed by atoms with Gasteiger partial charge in [0.05, 0.1) is 0 Å². The van der Waals surface area contributed by atoms with Crippen LogP contribution in [-0.4, -0.2) is 5.10 Å². The van der Waals surface area contributed by atoms with Crippen LogP contribution < -0.4 is 5.10 Å². The van der Waals surface area contributed by atoms with E-state index in [1.54, 1.807) is 6.20 Å². The number of hydrogen-bond acceptors (Lipinski definition) is 1. The maximum absolute atomic E-state index is 3.67. The third-order valence-electron chi connectivity index (χ3n) is 0.598. The second-order valence-corrected chi connectivity index (χ2v) is 1.17. The second-order valence-electron chi connectivity index (χ2n) is 1.17. The zero-order chi connectivity index (χ0) is 4.41. The molecule has 1 rings (SSSR count). The molecule has 0 aliphatic carbocycles. The Morgan fingerprint density at radius 1 is 1.71 bits per heavy atom. The van der Waals surface area contributed by atoms with Crippen molar-refractivity contribution in [1.82, 2.24) is 10.2 Å². The fraction of sp³-hybridized carbons (Fsp3) is 0.250. The van der Waals surface area contributed by atoms with Gasteiger partial charge in [0, 0.05) is 26.3 Å². The van der Waals surface area contributed by atoms with E-state index < -0.39 is 0 Å². The van der Waals surface area contributed by atoms with Gasteiger partial charge in [0.15, 0.2) is 0 Å². The monoisotopic (exact) mass is 274 g/mol. The molecular formula is C4H5IrN2-. The first-order valence-electron chi connectivity index (χ1n) is 1.80. The Bertz CT molecular complexity index is 113. The van der Waals surface area contributed by atoms with Gasteiger partial charge in [-0.25, -0.2) is 0 Å². The number of nitrogens with zero attached hydrogens (tertiary/aromatic N) is 2. The minimum absolute atomic E-state index is 0. The van der Waals surface area contributed by atoms with Gasteiger partial charge in [0.2, 0.25) is 0 Å². The summed E-state index contributed by atoms with van der Waals surface area (Å²) >= 11 is 0. The molecule has 1 aromatic heterocycles. The summed E-state index contributed by atoms with van der Waals surface area (Å²) < 4.78 is 0. The molecular weight excluding hydrogens is 268 g/mol. The van der Waals surface area contributed by atoms with Gasteiger partial charge in [-0.15, -0.1) is 5.69 Å². The Kier molecular flexibility index (Phi) is 2.88. The Hall–Kier alpha value is -0.141. The Labute approximate surface area is 55.7 Å². The zero-order valence-corrected chi connectivity index (χ0v) is 6.28. The molecule has 1 heterocycles. The van der Waals surface area contributed by atoms with Gasteiger partial charge in [-0.3, -0.25) is 0 Å². The fourth-order valence-electron chi connectivity index (χ4n) is 0.299. The van der Waals surface area contributed by atoms with Gasteiger partial charge in [-0.05, 0) is 0 Å². The van der Waals surface area contributed by atoms with E-state index in [2.05, 4.69) is 10.2 Å². The van der Waals surface area contributed by atoms with Gasteiger partial charge >= 0.3 is 0 Å². The molecule has 2 nitrogen and oxygen atoms in total. The molecule has 0 aromatic carbocycles. The SMILES string of the molecule is Cc1ccn[n-]1.[Ir]. The predicted octanol–water partition coefficient (Wildman–Crippen LogP) is 0.345. The molecule has 0 bridgehead atoms. The summed E-state index contributed by atoms with van der Waals surface area (Å²) in [4.78, 5) is 0. The summed E-state index contributed by atoms with van der Waals surface area (Å²) in [6.07, 6.45) is 1.68. The number of aryl methyl sites for hydroxylation is 1. The molecule has 0 spiro atoms. The molecule has 0 aliphatic rings. The van der Waals surface area contributed by atoms with Crippen LogP contribution in [0.5, 0.6) is 0 Å². The van der Waals surface area contributed by atoms with Crippen LogP contribution in [0.25, 0.3) is 0 Å². The Morgan fingerprint density at radius 3 is 2.57 bits per heavy atom. The van der Waals surface area contributed by atoms with Crippen LogP contribution in [0.2, 0.25) is 0 Å². The van der Waals surface area contributed by atoms with Gasteiger partial charge in [0.1, 0.15) is 0 Å². The van der Waals surface area contributed by atoms with Crippen molar-refractivity contribution in [3.63, 3.8) is 0 Å². The average Bonchev–Trinajstić information content (AvgIpc) is 1.86. The minimum Gasteiger partial charge on any atom is -0.579 e. The summed E-state index contributed by atoms with van der Waals surface area (Å²) in [5, 5.41) is 7.24. The van der Waals surface area contributed by atoms with Crippen molar-refractivity contribution in [2.45, 2.75) is 6.92 Å². The number of hydrogen-bond donors (Lipinski definition) is 0. The first-order chi connectivity index (χ1) is 2.89. The molecule has 0 fully saturated rings. The number of aromatic nitrogens is 2.